The minimum Gasteiger partial charge on any atom is -0.465 e. The van der Waals surface area contributed by atoms with Gasteiger partial charge in [-0.2, -0.15) is 0 Å². The summed E-state index contributed by atoms with van der Waals surface area (Å²) in [6, 6.07) is 6.45. The lowest BCUT2D eigenvalue weighted by atomic mass is 10.1. The van der Waals surface area contributed by atoms with E-state index < -0.39 is 73.1 Å². The molecule has 0 aliphatic carbocycles. The fourth-order valence-corrected chi connectivity index (χ4v) is 2.97. The largest absolute Gasteiger partial charge is 0.465 e. The molecule has 39 heavy (non-hydrogen) atoms. The highest BCUT2D eigenvalue weighted by atomic mass is 16.6. The average Bonchev–Trinajstić information content (AvgIpc) is 2.87. The van der Waals surface area contributed by atoms with E-state index in [1.165, 1.54) is 0 Å². The number of esters is 1. The first-order valence-corrected chi connectivity index (χ1v) is 12.3. The van der Waals surface area contributed by atoms with Crippen molar-refractivity contribution in [3.05, 3.63) is 35.9 Å². The second-order valence-corrected chi connectivity index (χ2v) is 9.21. The second-order valence-electron chi connectivity index (χ2n) is 9.21. The van der Waals surface area contributed by atoms with Gasteiger partial charge < -0.3 is 41.2 Å². The molecule has 1 aromatic carbocycles. The van der Waals surface area contributed by atoms with Gasteiger partial charge >= 0.3 is 12.1 Å². The van der Waals surface area contributed by atoms with Crippen LogP contribution in [0.3, 0.4) is 0 Å². The molecule has 1 unspecified atom stereocenters. The molecule has 0 bridgehead atoms. The zero-order valence-electron chi connectivity index (χ0n) is 22.5. The average molecular weight is 552 g/mol. The van der Waals surface area contributed by atoms with Crippen LogP contribution in [-0.2, 0) is 39.9 Å². The molecule has 2 atom stereocenters. The number of rotatable bonds is 14. The maximum absolute atomic E-state index is 12.6. The van der Waals surface area contributed by atoms with Gasteiger partial charge in [-0.3, -0.25) is 24.0 Å². The minimum atomic E-state index is -1.36. The molecule has 14 nitrogen and oxygen atoms in total. The van der Waals surface area contributed by atoms with Crippen LogP contribution in [0.4, 0.5) is 4.79 Å². The summed E-state index contributed by atoms with van der Waals surface area (Å²) >= 11 is 0. The van der Waals surface area contributed by atoms with Crippen molar-refractivity contribution in [2.75, 3.05) is 32.8 Å². The predicted molar refractivity (Wildman–Crippen MR) is 138 cm³/mol. The van der Waals surface area contributed by atoms with Crippen LogP contribution >= 0.6 is 0 Å². The summed E-state index contributed by atoms with van der Waals surface area (Å²) in [4.78, 5) is 72.7. The number of benzene rings is 1. The number of hydrogen-bond acceptors (Lipinski definition) is 9. The second kappa shape index (κ2) is 16.6. The molecule has 0 saturated carbocycles. The molecule has 0 aliphatic heterocycles. The van der Waals surface area contributed by atoms with Gasteiger partial charge in [0.15, 0.2) is 0 Å². The Labute approximate surface area is 226 Å². The van der Waals surface area contributed by atoms with E-state index in [-0.39, 0.29) is 19.6 Å². The van der Waals surface area contributed by atoms with Crippen LogP contribution in [0.2, 0.25) is 0 Å². The Balaban J connectivity index is 2.59. The summed E-state index contributed by atoms with van der Waals surface area (Å²) < 4.78 is 9.79. The Kier molecular flexibility index (Phi) is 14.0. The number of ether oxygens (including phenoxy) is 2. The van der Waals surface area contributed by atoms with Crippen LogP contribution in [0, 0.1) is 0 Å². The summed E-state index contributed by atoms with van der Waals surface area (Å²) in [7, 11) is 0. The molecule has 0 spiro atoms. The van der Waals surface area contributed by atoms with Crippen molar-refractivity contribution in [2.24, 2.45) is 0 Å². The van der Waals surface area contributed by atoms with Crippen LogP contribution in [0.1, 0.15) is 33.3 Å². The normalized spacial score (nSPS) is 12.2. The minimum absolute atomic E-state index is 0.123. The zero-order valence-corrected chi connectivity index (χ0v) is 22.5. The Bertz CT molecular complexity index is 995. The number of nitrogens with one attached hydrogen (secondary N) is 5. The van der Waals surface area contributed by atoms with Crippen LogP contribution in [0.15, 0.2) is 30.3 Å². The lowest BCUT2D eigenvalue weighted by Gasteiger charge is -2.22. The molecular weight excluding hydrogens is 514 g/mol. The van der Waals surface area contributed by atoms with E-state index in [1.54, 1.807) is 58.0 Å². The molecule has 0 aromatic heterocycles. The van der Waals surface area contributed by atoms with Crippen molar-refractivity contribution in [1.29, 1.82) is 0 Å². The summed E-state index contributed by atoms with van der Waals surface area (Å²) in [6.07, 6.45) is -0.799. The van der Waals surface area contributed by atoms with Crippen molar-refractivity contribution in [3.8, 4) is 0 Å². The monoisotopic (exact) mass is 551 g/mol. The summed E-state index contributed by atoms with van der Waals surface area (Å²) in [5, 5.41) is 21.0. The molecule has 0 heterocycles. The highest BCUT2D eigenvalue weighted by Gasteiger charge is 2.25. The van der Waals surface area contributed by atoms with E-state index >= 15 is 0 Å². The third-order valence-electron chi connectivity index (χ3n) is 4.71. The molecule has 0 saturated heterocycles. The Morgan fingerprint density at radius 3 is 2.00 bits per heavy atom. The maximum atomic E-state index is 12.6. The van der Waals surface area contributed by atoms with Crippen LogP contribution < -0.4 is 26.6 Å². The van der Waals surface area contributed by atoms with Gasteiger partial charge in [-0.25, -0.2) is 4.79 Å². The van der Waals surface area contributed by atoms with Crippen molar-refractivity contribution in [3.63, 3.8) is 0 Å². The Morgan fingerprint density at radius 1 is 0.821 bits per heavy atom. The Hall–Kier alpha value is -4.20. The highest BCUT2D eigenvalue weighted by Crippen LogP contribution is 2.07. The van der Waals surface area contributed by atoms with Crippen molar-refractivity contribution < 1.29 is 43.3 Å². The van der Waals surface area contributed by atoms with Crippen LogP contribution in [0.5, 0.6) is 0 Å². The zero-order chi connectivity index (χ0) is 29.4. The SMILES string of the molecule is CCOC(=O)CNC(=O)C(Cc1ccccc1)NC(=O)CNC(=O)CNC(=O)[C@H](CO)NC(=O)OC(C)(C)C. The van der Waals surface area contributed by atoms with E-state index in [1.807, 2.05) is 0 Å². The summed E-state index contributed by atoms with van der Waals surface area (Å²) in [5.41, 5.74) is -0.0675. The lowest BCUT2D eigenvalue weighted by molar-refractivity contribution is -0.143. The molecule has 0 fully saturated rings. The third kappa shape index (κ3) is 14.4. The van der Waals surface area contributed by atoms with Gasteiger partial charge in [-0.1, -0.05) is 30.3 Å². The van der Waals surface area contributed by atoms with E-state index in [4.69, 9.17) is 9.47 Å². The van der Waals surface area contributed by atoms with Gasteiger partial charge in [0.2, 0.25) is 23.6 Å². The van der Waals surface area contributed by atoms with Crippen LogP contribution in [-0.4, -0.2) is 91.3 Å². The Morgan fingerprint density at radius 2 is 1.41 bits per heavy atom. The highest BCUT2D eigenvalue weighted by molar-refractivity contribution is 5.93. The van der Waals surface area contributed by atoms with Crippen molar-refractivity contribution in [1.82, 2.24) is 26.6 Å². The molecule has 14 heteroatoms. The number of aliphatic hydroxyl groups excluding tert-OH is 1. The number of carbonyl (C=O) groups is 6. The quantitative estimate of drug-likeness (QED) is 0.149. The molecule has 1 rings (SSSR count). The van der Waals surface area contributed by atoms with E-state index in [2.05, 4.69) is 26.6 Å². The number of hydrogen-bond donors (Lipinski definition) is 6. The van der Waals surface area contributed by atoms with Gasteiger partial charge in [0, 0.05) is 6.42 Å². The molecule has 6 N–H and O–H groups in total. The number of carbonyl (C=O) groups excluding carboxylic acids is 6. The molecule has 216 valence electrons. The first-order valence-electron chi connectivity index (χ1n) is 12.3. The smallest absolute Gasteiger partial charge is 0.408 e. The van der Waals surface area contributed by atoms with Gasteiger partial charge in [0.05, 0.1) is 26.3 Å². The van der Waals surface area contributed by atoms with Gasteiger partial charge in [0.25, 0.3) is 0 Å². The first kappa shape index (κ1) is 32.8. The number of aliphatic hydroxyl groups is 1. The molecular formula is C25H37N5O9. The van der Waals surface area contributed by atoms with E-state index in [0.29, 0.717) is 0 Å². The fraction of sp³-hybridized carbons (Fsp3) is 0.520. The maximum Gasteiger partial charge on any atom is 0.408 e. The standard InChI is InChI=1S/C25H37N5O9/c1-5-38-21(34)14-28-22(35)17(11-16-9-7-6-8-10-16)29-20(33)13-26-19(32)12-27-23(36)18(15-31)30-24(37)39-25(2,3)4/h6-10,17-18,31H,5,11-15H2,1-4H3,(H,26,32)(H,27,36)(H,28,35)(H,29,33)(H,30,37)/t17?,18-/m0/s1. The molecule has 0 aliphatic rings. The summed E-state index contributed by atoms with van der Waals surface area (Å²) in [6.45, 7) is 4.49. The van der Waals surface area contributed by atoms with Gasteiger partial charge in [-0.15, -0.1) is 0 Å². The van der Waals surface area contributed by atoms with E-state index in [9.17, 15) is 33.9 Å². The van der Waals surface area contributed by atoms with Gasteiger partial charge in [0.1, 0.15) is 24.2 Å². The van der Waals surface area contributed by atoms with Crippen LogP contribution in [0.25, 0.3) is 0 Å². The summed E-state index contributed by atoms with van der Waals surface area (Å²) in [5.74, 6) is -3.52. The van der Waals surface area contributed by atoms with Gasteiger partial charge in [-0.05, 0) is 33.3 Å². The van der Waals surface area contributed by atoms with Crippen molar-refractivity contribution >= 4 is 35.7 Å². The van der Waals surface area contributed by atoms with Crippen molar-refractivity contribution in [2.45, 2.75) is 51.8 Å². The molecule has 0 radical (unpaired) electrons. The third-order valence-corrected chi connectivity index (χ3v) is 4.71. The topological polar surface area (TPSA) is 201 Å². The lowest BCUT2D eigenvalue weighted by Crippen LogP contribution is -2.53. The van der Waals surface area contributed by atoms with E-state index in [0.717, 1.165) is 5.56 Å². The number of amides is 5. The first-order chi connectivity index (χ1) is 18.3. The molecule has 5 amide bonds. The predicted octanol–water partition coefficient (Wildman–Crippen LogP) is -1.49. The fourth-order valence-electron chi connectivity index (χ4n) is 2.97. The molecule has 1 aromatic rings. The number of alkyl carbamates (subject to hydrolysis) is 1.